The Morgan fingerprint density at radius 3 is 2.79 bits per heavy atom. The van der Waals surface area contributed by atoms with Crippen LogP contribution in [0.25, 0.3) is 0 Å². The molecule has 2 aromatic rings. The zero-order valence-corrected chi connectivity index (χ0v) is 11.5. The second kappa shape index (κ2) is 5.69. The van der Waals surface area contributed by atoms with Crippen LogP contribution in [0.4, 0.5) is 5.82 Å². The third-order valence-electron chi connectivity index (χ3n) is 2.93. The molecule has 0 saturated heterocycles. The lowest BCUT2D eigenvalue weighted by Crippen LogP contribution is -2.14. The number of nitrogens with zero attached hydrogens (tertiary/aromatic N) is 1. The molecule has 1 aromatic carbocycles. The molecule has 0 aliphatic carbocycles. The summed E-state index contributed by atoms with van der Waals surface area (Å²) in [6, 6.07) is 9.83. The first-order valence-electron chi connectivity index (χ1n) is 6.45. The molecule has 0 aliphatic rings. The molecule has 0 spiro atoms. The van der Waals surface area contributed by atoms with Crippen molar-refractivity contribution in [2.24, 2.45) is 0 Å². The fraction of sp³-hybridized carbons (Fsp3) is 0.333. The van der Waals surface area contributed by atoms with Crippen molar-refractivity contribution in [3.05, 3.63) is 47.2 Å². The van der Waals surface area contributed by atoms with Gasteiger partial charge >= 0.3 is 0 Å². The number of nitrogens with one attached hydrogen (secondary N) is 2. The molecule has 19 heavy (non-hydrogen) atoms. The van der Waals surface area contributed by atoms with E-state index in [0.29, 0.717) is 18.2 Å². The Balaban J connectivity index is 1.97. The molecule has 0 fully saturated rings. The molecule has 4 heteroatoms. The summed E-state index contributed by atoms with van der Waals surface area (Å²) in [6.45, 7) is 6.17. The first-order chi connectivity index (χ1) is 9.04. The van der Waals surface area contributed by atoms with E-state index in [-0.39, 0.29) is 5.91 Å². The first-order valence-corrected chi connectivity index (χ1v) is 6.45. The summed E-state index contributed by atoms with van der Waals surface area (Å²) in [6.07, 6.45) is 0.367. The minimum absolute atomic E-state index is 0.0487. The molecule has 0 bridgehead atoms. The highest BCUT2D eigenvalue weighted by atomic mass is 16.1. The van der Waals surface area contributed by atoms with Gasteiger partial charge in [0.25, 0.3) is 0 Å². The number of carbonyl (C=O) groups is 1. The topological polar surface area (TPSA) is 57.8 Å². The van der Waals surface area contributed by atoms with Gasteiger partial charge < -0.3 is 5.32 Å². The Morgan fingerprint density at radius 2 is 2.16 bits per heavy atom. The van der Waals surface area contributed by atoms with Crippen LogP contribution in [0.3, 0.4) is 0 Å². The van der Waals surface area contributed by atoms with Crippen molar-refractivity contribution in [2.75, 3.05) is 5.32 Å². The van der Waals surface area contributed by atoms with Gasteiger partial charge in [-0.1, -0.05) is 43.7 Å². The molecule has 0 saturated carbocycles. The van der Waals surface area contributed by atoms with Crippen LogP contribution in [0.15, 0.2) is 30.3 Å². The SMILES string of the molecule is Cc1cccc(CC(=O)Nc2cc(C(C)C)[nH]n2)c1. The van der Waals surface area contributed by atoms with Crippen LogP contribution < -0.4 is 5.32 Å². The molecule has 4 nitrogen and oxygen atoms in total. The number of benzene rings is 1. The van der Waals surface area contributed by atoms with Gasteiger partial charge in [0.2, 0.25) is 5.91 Å². The van der Waals surface area contributed by atoms with E-state index in [1.165, 1.54) is 0 Å². The maximum atomic E-state index is 11.9. The quantitative estimate of drug-likeness (QED) is 0.884. The molecule has 1 amide bonds. The number of aromatic amines is 1. The molecular formula is C15H19N3O. The maximum Gasteiger partial charge on any atom is 0.229 e. The lowest BCUT2D eigenvalue weighted by molar-refractivity contribution is -0.115. The number of anilines is 1. The molecular weight excluding hydrogens is 238 g/mol. The zero-order valence-electron chi connectivity index (χ0n) is 11.5. The minimum Gasteiger partial charge on any atom is -0.309 e. The second-order valence-electron chi connectivity index (χ2n) is 5.08. The molecule has 0 atom stereocenters. The Kier molecular flexibility index (Phi) is 4.00. The number of aryl methyl sites for hydroxylation is 1. The maximum absolute atomic E-state index is 11.9. The first kappa shape index (κ1) is 13.3. The summed E-state index contributed by atoms with van der Waals surface area (Å²) in [5.41, 5.74) is 3.19. The second-order valence-corrected chi connectivity index (χ2v) is 5.08. The van der Waals surface area contributed by atoms with Crippen molar-refractivity contribution >= 4 is 11.7 Å². The van der Waals surface area contributed by atoms with Gasteiger partial charge in [-0.15, -0.1) is 0 Å². The average molecular weight is 257 g/mol. The molecule has 2 rings (SSSR count). The Morgan fingerprint density at radius 1 is 1.37 bits per heavy atom. The normalized spacial score (nSPS) is 10.7. The average Bonchev–Trinajstić information content (AvgIpc) is 2.77. The largest absolute Gasteiger partial charge is 0.309 e. The van der Waals surface area contributed by atoms with E-state index in [0.717, 1.165) is 16.8 Å². The van der Waals surface area contributed by atoms with Crippen molar-refractivity contribution in [3.63, 3.8) is 0 Å². The predicted molar refractivity (Wildman–Crippen MR) is 76.2 cm³/mol. The van der Waals surface area contributed by atoms with Crippen molar-refractivity contribution < 1.29 is 4.79 Å². The Bertz CT molecular complexity index is 572. The number of aromatic nitrogens is 2. The fourth-order valence-electron chi connectivity index (χ4n) is 1.89. The van der Waals surface area contributed by atoms with Crippen molar-refractivity contribution in [2.45, 2.75) is 33.1 Å². The highest BCUT2D eigenvalue weighted by Crippen LogP contribution is 2.15. The lowest BCUT2D eigenvalue weighted by Gasteiger charge is -2.03. The molecule has 0 unspecified atom stereocenters. The standard InChI is InChI=1S/C15H19N3O/c1-10(2)13-9-14(18-17-13)16-15(19)8-12-6-4-5-11(3)7-12/h4-7,9-10H,8H2,1-3H3,(H2,16,17,18,19). The molecule has 0 radical (unpaired) electrons. The molecule has 0 aliphatic heterocycles. The number of hydrogen-bond acceptors (Lipinski definition) is 2. The van der Waals surface area contributed by atoms with Gasteiger partial charge in [0, 0.05) is 11.8 Å². The Labute approximate surface area is 113 Å². The van der Waals surface area contributed by atoms with Gasteiger partial charge in [-0.25, -0.2) is 0 Å². The fourth-order valence-corrected chi connectivity index (χ4v) is 1.89. The number of hydrogen-bond donors (Lipinski definition) is 2. The number of H-pyrrole nitrogens is 1. The summed E-state index contributed by atoms with van der Waals surface area (Å²) in [4.78, 5) is 11.9. The van der Waals surface area contributed by atoms with Crippen LogP contribution in [0, 0.1) is 6.92 Å². The van der Waals surface area contributed by atoms with Crippen molar-refractivity contribution in [3.8, 4) is 0 Å². The van der Waals surface area contributed by atoms with E-state index < -0.39 is 0 Å². The van der Waals surface area contributed by atoms with Crippen molar-refractivity contribution in [1.29, 1.82) is 0 Å². The molecule has 1 heterocycles. The lowest BCUT2D eigenvalue weighted by atomic mass is 10.1. The smallest absolute Gasteiger partial charge is 0.229 e. The van der Waals surface area contributed by atoms with Gasteiger partial charge in [0.05, 0.1) is 6.42 Å². The van der Waals surface area contributed by atoms with Crippen LogP contribution in [0.1, 0.15) is 36.6 Å². The summed E-state index contributed by atoms with van der Waals surface area (Å²) in [5, 5.41) is 9.80. The molecule has 1 aromatic heterocycles. The number of carbonyl (C=O) groups excluding carboxylic acids is 1. The van der Waals surface area contributed by atoms with Gasteiger partial charge in [-0.3, -0.25) is 9.89 Å². The summed E-state index contributed by atoms with van der Waals surface area (Å²) in [5.74, 6) is 0.906. The number of rotatable bonds is 4. The molecule has 100 valence electrons. The third-order valence-corrected chi connectivity index (χ3v) is 2.93. The van der Waals surface area contributed by atoms with Crippen LogP contribution in [0.5, 0.6) is 0 Å². The minimum atomic E-state index is -0.0487. The van der Waals surface area contributed by atoms with Crippen molar-refractivity contribution in [1.82, 2.24) is 10.2 Å². The van der Waals surface area contributed by atoms with Crippen LogP contribution in [-0.4, -0.2) is 16.1 Å². The summed E-state index contributed by atoms with van der Waals surface area (Å²) >= 11 is 0. The van der Waals surface area contributed by atoms with Gasteiger partial charge in [0.1, 0.15) is 0 Å². The molecule has 2 N–H and O–H groups in total. The summed E-state index contributed by atoms with van der Waals surface area (Å²) < 4.78 is 0. The predicted octanol–water partition coefficient (Wildman–Crippen LogP) is 3.02. The van der Waals surface area contributed by atoms with Gasteiger partial charge in [-0.05, 0) is 18.4 Å². The van der Waals surface area contributed by atoms with Gasteiger partial charge in [0.15, 0.2) is 5.82 Å². The van der Waals surface area contributed by atoms with Crippen LogP contribution in [-0.2, 0) is 11.2 Å². The van der Waals surface area contributed by atoms with Crippen LogP contribution in [0.2, 0.25) is 0 Å². The van der Waals surface area contributed by atoms with E-state index >= 15 is 0 Å². The highest BCUT2D eigenvalue weighted by Gasteiger charge is 2.08. The van der Waals surface area contributed by atoms with E-state index in [9.17, 15) is 4.79 Å². The number of amides is 1. The van der Waals surface area contributed by atoms with E-state index in [4.69, 9.17) is 0 Å². The van der Waals surface area contributed by atoms with E-state index in [1.54, 1.807) is 0 Å². The van der Waals surface area contributed by atoms with E-state index in [1.807, 2.05) is 37.3 Å². The van der Waals surface area contributed by atoms with Crippen LogP contribution >= 0.6 is 0 Å². The van der Waals surface area contributed by atoms with Gasteiger partial charge in [-0.2, -0.15) is 5.10 Å². The summed E-state index contributed by atoms with van der Waals surface area (Å²) in [7, 11) is 0. The Hall–Kier alpha value is -2.10. The third kappa shape index (κ3) is 3.68. The zero-order chi connectivity index (χ0) is 13.8. The van der Waals surface area contributed by atoms with E-state index in [2.05, 4.69) is 29.4 Å². The highest BCUT2D eigenvalue weighted by molar-refractivity contribution is 5.91. The monoisotopic (exact) mass is 257 g/mol.